The summed E-state index contributed by atoms with van der Waals surface area (Å²) in [7, 11) is 0. The van der Waals surface area contributed by atoms with Crippen LogP contribution in [0.5, 0.6) is 0 Å². The second kappa shape index (κ2) is 5.38. The molecule has 5 nitrogen and oxygen atoms in total. The van der Waals surface area contributed by atoms with Crippen molar-refractivity contribution >= 4 is 56.3 Å². The Morgan fingerprint density at radius 1 is 1.29 bits per heavy atom. The van der Waals surface area contributed by atoms with Crippen LogP contribution in [-0.4, -0.2) is 16.1 Å². The predicted molar refractivity (Wildman–Crippen MR) is 83.4 cm³/mol. The number of oxazole rings is 1. The van der Waals surface area contributed by atoms with Crippen molar-refractivity contribution in [3.63, 3.8) is 0 Å². The molecule has 0 amide bonds. The van der Waals surface area contributed by atoms with Gasteiger partial charge in [-0.15, -0.1) is 0 Å². The molecule has 0 spiro atoms. The van der Waals surface area contributed by atoms with Gasteiger partial charge in [0.25, 0.3) is 6.01 Å². The molecule has 0 fully saturated rings. The lowest BCUT2D eigenvalue weighted by molar-refractivity contribution is 0.0697. The second-order valence-electron chi connectivity index (χ2n) is 4.26. The van der Waals surface area contributed by atoms with Gasteiger partial charge in [-0.3, -0.25) is 0 Å². The Morgan fingerprint density at radius 2 is 2.10 bits per heavy atom. The van der Waals surface area contributed by atoms with Crippen molar-refractivity contribution in [3.8, 4) is 0 Å². The van der Waals surface area contributed by atoms with Crippen LogP contribution in [0.2, 0.25) is 5.02 Å². The summed E-state index contributed by atoms with van der Waals surface area (Å²) >= 11 is 9.43. The molecule has 0 radical (unpaired) electrons. The molecule has 106 valence electrons. The van der Waals surface area contributed by atoms with E-state index in [4.69, 9.17) is 21.1 Å². The summed E-state index contributed by atoms with van der Waals surface area (Å²) in [6, 6.07) is 10.1. The first-order valence-electron chi connectivity index (χ1n) is 5.89. The van der Waals surface area contributed by atoms with Crippen molar-refractivity contribution < 1.29 is 14.3 Å². The van der Waals surface area contributed by atoms with E-state index in [2.05, 4.69) is 26.2 Å². The maximum Gasteiger partial charge on any atom is 0.335 e. The Morgan fingerprint density at radius 3 is 2.81 bits per heavy atom. The number of carboxylic acid groups (broad SMARTS) is 1. The largest absolute Gasteiger partial charge is 0.478 e. The van der Waals surface area contributed by atoms with E-state index in [1.54, 1.807) is 18.2 Å². The highest BCUT2D eigenvalue weighted by Crippen LogP contribution is 2.29. The maximum atomic E-state index is 10.9. The van der Waals surface area contributed by atoms with Crippen LogP contribution >= 0.6 is 27.5 Å². The average Bonchev–Trinajstić information content (AvgIpc) is 2.83. The number of carboxylic acids is 1. The number of hydrogen-bond donors (Lipinski definition) is 2. The predicted octanol–water partition coefficient (Wildman–Crippen LogP) is 4.69. The van der Waals surface area contributed by atoms with Gasteiger partial charge in [-0.05, 0) is 36.4 Å². The zero-order valence-corrected chi connectivity index (χ0v) is 12.8. The van der Waals surface area contributed by atoms with Crippen molar-refractivity contribution in [1.82, 2.24) is 4.98 Å². The van der Waals surface area contributed by atoms with E-state index in [0.29, 0.717) is 21.8 Å². The van der Waals surface area contributed by atoms with Gasteiger partial charge in [0, 0.05) is 4.47 Å². The van der Waals surface area contributed by atoms with Gasteiger partial charge < -0.3 is 14.8 Å². The second-order valence-corrected chi connectivity index (χ2v) is 5.58. The third kappa shape index (κ3) is 2.86. The molecule has 2 aromatic carbocycles. The number of halogens is 2. The number of hydrogen-bond acceptors (Lipinski definition) is 4. The molecule has 0 unspecified atom stereocenters. The van der Waals surface area contributed by atoms with Crippen LogP contribution in [0.3, 0.4) is 0 Å². The minimum atomic E-state index is -1.02. The molecule has 7 heteroatoms. The molecule has 3 rings (SSSR count). The minimum Gasteiger partial charge on any atom is -0.478 e. The summed E-state index contributed by atoms with van der Waals surface area (Å²) in [5.74, 6) is -1.02. The van der Waals surface area contributed by atoms with Crippen LogP contribution in [0.25, 0.3) is 11.1 Å². The van der Waals surface area contributed by atoms with E-state index in [-0.39, 0.29) is 11.6 Å². The van der Waals surface area contributed by atoms with Gasteiger partial charge in [0.05, 0.1) is 16.3 Å². The summed E-state index contributed by atoms with van der Waals surface area (Å²) < 4.78 is 6.35. The molecule has 0 atom stereocenters. The first kappa shape index (κ1) is 13.9. The fourth-order valence-corrected chi connectivity index (χ4v) is 2.54. The highest BCUT2D eigenvalue weighted by Gasteiger charge is 2.11. The van der Waals surface area contributed by atoms with Gasteiger partial charge in [0.1, 0.15) is 5.52 Å². The average molecular weight is 368 g/mol. The van der Waals surface area contributed by atoms with E-state index >= 15 is 0 Å². The lowest BCUT2D eigenvalue weighted by atomic mass is 10.2. The van der Waals surface area contributed by atoms with Crippen molar-refractivity contribution in [1.29, 1.82) is 0 Å². The van der Waals surface area contributed by atoms with Crippen LogP contribution in [0.4, 0.5) is 11.7 Å². The van der Waals surface area contributed by atoms with Crippen molar-refractivity contribution in [2.75, 3.05) is 5.32 Å². The normalized spacial score (nSPS) is 10.8. The Bertz CT molecular complexity index is 847. The third-order valence-corrected chi connectivity index (χ3v) is 3.61. The number of rotatable bonds is 3. The van der Waals surface area contributed by atoms with Crippen LogP contribution in [0, 0.1) is 0 Å². The number of nitrogens with one attached hydrogen (secondary N) is 1. The number of aromatic nitrogens is 1. The molecule has 0 aliphatic carbocycles. The van der Waals surface area contributed by atoms with Crippen molar-refractivity contribution in [2.45, 2.75) is 0 Å². The smallest absolute Gasteiger partial charge is 0.335 e. The topological polar surface area (TPSA) is 75.4 Å². The first-order valence-corrected chi connectivity index (χ1v) is 7.06. The minimum absolute atomic E-state index is 0.145. The molecule has 1 heterocycles. The third-order valence-electron chi connectivity index (χ3n) is 2.81. The molecule has 0 saturated heterocycles. The van der Waals surface area contributed by atoms with Gasteiger partial charge in [0.15, 0.2) is 5.58 Å². The zero-order valence-electron chi connectivity index (χ0n) is 10.4. The van der Waals surface area contributed by atoms with Gasteiger partial charge in [-0.2, -0.15) is 4.98 Å². The zero-order chi connectivity index (χ0) is 15.0. The van der Waals surface area contributed by atoms with E-state index in [1.807, 2.05) is 6.07 Å². The molecule has 0 saturated carbocycles. The Kier molecular flexibility index (Phi) is 3.57. The molecule has 3 aromatic rings. The lowest BCUT2D eigenvalue weighted by Gasteiger charge is -2.04. The summed E-state index contributed by atoms with van der Waals surface area (Å²) in [6.07, 6.45) is 0. The molecule has 21 heavy (non-hydrogen) atoms. The van der Waals surface area contributed by atoms with Crippen LogP contribution in [-0.2, 0) is 0 Å². The van der Waals surface area contributed by atoms with Crippen LogP contribution < -0.4 is 5.32 Å². The number of carbonyl (C=O) groups is 1. The maximum absolute atomic E-state index is 10.9. The van der Waals surface area contributed by atoms with E-state index in [9.17, 15) is 4.79 Å². The molecular formula is C14H8BrClN2O3. The number of nitrogens with zero attached hydrogens (tertiary/aromatic N) is 1. The Hall–Kier alpha value is -2.05. The van der Waals surface area contributed by atoms with E-state index in [1.165, 1.54) is 12.1 Å². The van der Waals surface area contributed by atoms with Gasteiger partial charge in [-0.1, -0.05) is 27.5 Å². The summed E-state index contributed by atoms with van der Waals surface area (Å²) in [6.45, 7) is 0. The Labute approximate surface area is 132 Å². The molecule has 0 aliphatic heterocycles. The summed E-state index contributed by atoms with van der Waals surface area (Å²) in [5.41, 5.74) is 1.75. The van der Waals surface area contributed by atoms with Gasteiger partial charge >= 0.3 is 5.97 Å². The monoisotopic (exact) mass is 366 g/mol. The first-order chi connectivity index (χ1) is 10.0. The van der Waals surface area contributed by atoms with Gasteiger partial charge in [-0.25, -0.2) is 4.79 Å². The van der Waals surface area contributed by atoms with Gasteiger partial charge in [0.2, 0.25) is 0 Å². The fourth-order valence-electron chi connectivity index (χ4n) is 1.82. The van der Waals surface area contributed by atoms with E-state index < -0.39 is 5.97 Å². The number of anilines is 2. The summed E-state index contributed by atoms with van der Waals surface area (Å²) in [5, 5.41) is 12.4. The molecular weight excluding hydrogens is 360 g/mol. The SMILES string of the molecule is O=C(O)c1ccc2nc(Nc3ccc(Br)cc3Cl)oc2c1. The van der Waals surface area contributed by atoms with Crippen LogP contribution in [0.1, 0.15) is 10.4 Å². The van der Waals surface area contributed by atoms with Crippen molar-refractivity contribution in [3.05, 3.63) is 51.5 Å². The van der Waals surface area contributed by atoms with Crippen molar-refractivity contribution in [2.24, 2.45) is 0 Å². The van der Waals surface area contributed by atoms with E-state index in [0.717, 1.165) is 4.47 Å². The number of fused-ring (bicyclic) bond motifs is 1. The van der Waals surface area contributed by atoms with Crippen LogP contribution in [0.15, 0.2) is 45.3 Å². The number of benzene rings is 2. The molecule has 0 bridgehead atoms. The quantitative estimate of drug-likeness (QED) is 0.702. The molecule has 0 aliphatic rings. The molecule has 1 aromatic heterocycles. The number of aromatic carboxylic acids is 1. The highest BCUT2D eigenvalue weighted by atomic mass is 79.9. The Balaban J connectivity index is 1.95. The standard InChI is InChI=1S/C14H8BrClN2O3/c15-8-2-4-10(9(16)6-8)17-14-18-11-3-1-7(13(19)20)5-12(11)21-14/h1-6H,(H,17,18)(H,19,20). The summed E-state index contributed by atoms with van der Waals surface area (Å²) in [4.78, 5) is 15.2. The highest BCUT2D eigenvalue weighted by molar-refractivity contribution is 9.10. The molecule has 2 N–H and O–H groups in total. The lowest BCUT2D eigenvalue weighted by Crippen LogP contribution is -1.94. The fraction of sp³-hybridized carbons (Fsp3) is 0.